The van der Waals surface area contributed by atoms with E-state index in [-0.39, 0.29) is 53.2 Å². The summed E-state index contributed by atoms with van der Waals surface area (Å²) < 4.78 is 41.5. The van der Waals surface area contributed by atoms with Crippen LogP contribution in [-0.2, 0) is 40.4 Å². The van der Waals surface area contributed by atoms with E-state index in [2.05, 4.69) is 80.7 Å². The number of halogens is 2. The van der Waals surface area contributed by atoms with Crippen molar-refractivity contribution in [3.63, 3.8) is 0 Å². The molecule has 0 bridgehead atoms. The molecule has 27 heteroatoms. The number of hydrogen-bond acceptors (Lipinski definition) is 17. The summed E-state index contributed by atoms with van der Waals surface area (Å²) in [5.74, 6) is -0.407. The molecule has 13 rings (SSSR count). The Kier molecular flexibility index (Phi) is 20.6. The van der Waals surface area contributed by atoms with Crippen molar-refractivity contribution in [3.05, 3.63) is 228 Å². The number of fused-ring (bicyclic) bond motifs is 2. The number of ether oxygens (including phenoxy) is 1. The molecule has 4 amide bonds. The minimum Gasteiger partial charge on any atom is -0.508 e. The summed E-state index contributed by atoms with van der Waals surface area (Å²) in [7, 11) is 3.99. The molecule has 0 saturated carbocycles. The molecule has 1 saturated heterocycles. The predicted molar refractivity (Wildman–Crippen MR) is 394 cm³/mol. The number of carbonyl (C=O) groups excluding carboxylic acids is 2. The Labute approximate surface area is 599 Å². The number of phenols is 2. The van der Waals surface area contributed by atoms with Crippen LogP contribution >= 0.6 is 47.0 Å². The zero-order valence-corrected chi connectivity index (χ0v) is 60.0. The number of aromatic nitrogens is 10. The highest BCUT2D eigenvalue weighted by Crippen LogP contribution is 2.41. The first-order valence-corrected chi connectivity index (χ1v) is 36.6. The summed E-state index contributed by atoms with van der Waals surface area (Å²) in [6, 6.07) is 48.4. The number of rotatable bonds is 22. The largest absolute Gasteiger partial charge is 0.508 e. The fourth-order valence-corrected chi connectivity index (χ4v) is 14.2. The quantitative estimate of drug-likeness (QED) is 0.0464. The summed E-state index contributed by atoms with van der Waals surface area (Å²) >= 11 is 6.01. The van der Waals surface area contributed by atoms with E-state index in [4.69, 9.17) is 14.9 Å². The molecular weight excluding hydrogens is 1360 g/mol. The second kappa shape index (κ2) is 29.8. The van der Waals surface area contributed by atoms with Crippen LogP contribution in [0.25, 0.3) is 45.4 Å². The second-order valence-electron chi connectivity index (χ2n) is 25.5. The number of carbonyl (C=O) groups is 2. The molecule has 1 fully saturated rings. The lowest BCUT2D eigenvalue weighted by molar-refractivity contribution is 0.0342. The average Bonchev–Trinajstić information content (AvgIpc) is 1.65. The van der Waals surface area contributed by atoms with Crippen LogP contribution in [-0.4, -0.2) is 139 Å². The van der Waals surface area contributed by atoms with Gasteiger partial charge < -0.3 is 25.2 Å². The monoisotopic (exact) mass is 1430 g/mol. The molecular formula is C74H74F2N16O5S4. The molecule has 0 aliphatic carbocycles. The topological polar surface area (TPSA) is 217 Å². The van der Waals surface area contributed by atoms with Crippen LogP contribution in [0.4, 0.5) is 30.0 Å². The highest BCUT2D eigenvalue weighted by molar-refractivity contribution is 8.00. The van der Waals surface area contributed by atoms with Gasteiger partial charge in [-0.25, -0.2) is 32.7 Å². The lowest BCUT2D eigenvalue weighted by Crippen LogP contribution is -2.55. The van der Waals surface area contributed by atoms with E-state index in [9.17, 15) is 14.6 Å². The highest BCUT2D eigenvalue weighted by Gasteiger charge is 2.37. The number of hydrazine groups is 1. The molecule has 0 atom stereocenters. The van der Waals surface area contributed by atoms with E-state index in [0.29, 0.717) is 81.5 Å². The van der Waals surface area contributed by atoms with Crippen LogP contribution < -0.4 is 15.6 Å². The number of nitrogens with one attached hydrogen (secondary N) is 2. The Morgan fingerprint density at radius 3 is 1.86 bits per heavy atom. The first-order valence-electron chi connectivity index (χ1n) is 32.5. The zero-order valence-electron chi connectivity index (χ0n) is 56.7. The molecule has 6 aromatic carbocycles. The number of pyridine rings is 2. The lowest BCUT2D eigenvalue weighted by Gasteiger charge is -2.35. The van der Waals surface area contributed by atoms with Gasteiger partial charge in [0.25, 0.3) is 0 Å². The van der Waals surface area contributed by atoms with Gasteiger partial charge in [0, 0.05) is 76.8 Å². The summed E-state index contributed by atoms with van der Waals surface area (Å²) in [5, 5.41) is 58.5. The smallest absolute Gasteiger partial charge is 0.342 e. The van der Waals surface area contributed by atoms with E-state index in [0.717, 1.165) is 39.6 Å². The predicted octanol–water partition coefficient (Wildman–Crippen LogP) is 14.9. The maximum absolute atomic E-state index is 16.7. The maximum Gasteiger partial charge on any atom is 0.342 e. The highest BCUT2D eigenvalue weighted by atomic mass is 32.2. The normalized spacial score (nSPS) is 13.0. The van der Waals surface area contributed by atoms with Crippen LogP contribution in [0.3, 0.4) is 0 Å². The number of hydrogen-bond donors (Lipinski definition) is 4. The maximum atomic E-state index is 16.7. The van der Waals surface area contributed by atoms with Crippen molar-refractivity contribution >= 4 is 82.0 Å². The second-order valence-corrected chi connectivity index (χ2v) is 30.5. The van der Waals surface area contributed by atoms with Gasteiger partial charge in [-0.3, -0.25) is 19.0 Å². The van der Waals surface area contributed by atoms with Gasteiger partial charge in [0.05, 0.1) is 63.1 Å². The van der Waals surface area contributed by atoms with Crippen molar-refractivity contribution in [2.24, 2.45) is 0 Å². The summed E-state index contributed by atoms with van der Waals surface area (Å²) in [6.45, 7) is 12.2. The number of amides is 4. The van der Waals surface area contributed by atoms with Gasteiger partial charge in [-0.1, -0.05) is 84.2 Å². The zero-order chi connectivity index (χ0) is 70.7. The number of nitrogens with zero attached hydrogens (tertiary/aromatic N) is 14. The van der Waals surface area contributed by atoms with E-state index < -0.39 is 33.2 Å². The van der Waals surface area contributed by atoms with Gasteiger partial charge in [0.15, 0.2) is 28.8 Å². The summed E-state index contributed by atoms with van der Waals surface area (Å²) in [6.07, 6.45) is 7.63. The molecule has 1 aliphatic heterocycles. The van der Waals surface area contributed by atoms with Crippen LogP contribution in [0, 0.1) is 11.6 Å². The van der Waals surface area contributed by atoms with Gasteiger partial charge in [-0.15, -0.1) is 20.4 Å². The van der Waals surface area contributed by atoms with Gasteiger partial charge in [0.1, 0.15) is 29.0 Å². The number of thioether (sulfide) groups is 2. The Morgan fingerprint density at radius 2 is 1.20 bits per heavy atom. The van der Waals surface area contributed by atoms with E-state index in [1.165, 1.54) is 69.9 Å². The molecule has 6 aromatic heterocycles. The first kappa shape index (κ1) is 69.7. The molecule has 0 spiro atoms. The first-order chi connectivity index (χ1) is 48.7. The number of aromatic hydroxyl groups is 2. The fourth-order valence-electron chi connectivity index (χ4n) is 11.6. The van der Waals surface area contributed by atoms with Crippen molar-refractivity contribution in [3.8, 4) is 45.6 Å². The van der Waals surface area contributed by atoms with Gasteiger partial charge in [-0.2, -0.15) is 38.7 Å². The van der Waals surface area contributed by atoms with Gasteiger partial charge >= 0.3 is 12.1 Å². The van der Waals surface area contributed by atoms with Gasteiger partial charge in [0.2, 0.25) is 0 Å². The lowest BCUT2D eigenvalue weighted by atomic mass is 10.1. The summed E-state index contributed by atoms with van der Waals surface area (Å²) in [5.41, 5.74) is 7.21. The number of morpholine rings is 1. The molecule has 0 radical (unpaired) electrons. The SMILES string of the molecule is CSC(C)(C)c1cc(NC(=O)N(Cc2ccccc2Sc2ccc3nnc(-c4cc(O)ccc4F)n3c2)N(C(=O)NCc2ccccc2Sc2ccc3nnc(-c4cc(F)ccc4O)n3c2)c2cc(C(C)(C)SC)nn2-c2cccc(CN(C)C)c2)n(-c2cccc(CN3CCOCC3)c2)n1. The minimum absolute atomic E-state index is 0.0337. The molecule has 7 heterocycles. The number of urea groups is 2. The Bertz CT molecular complexity index is 5030. The van der Waals surface area contributed by atoms with Crippen LogP contribution in [0.5, 0.6) is 11.5 Å². The Morgan fingerprint density at radius 1 is 0.604 bits per heavy atom. The third-order valence-corrected chi connectivity index (χ3v) is 22.0. The molecule has 12 aromatic rings. The van der Waals surface area contributed by atoms with Crippen LogP contribution in [0.15, 0.2) is 202 Å². The fraction of sp³-hybridized carbons (Fsp3) is 0.243. The summed E-state index contributed by atoms with van der Waals surface area (Å²) in [4.78, 5) is 40.6. The van der Waals surface area contributed by atoms with Crippen LogP contribution in [0.1, 0.15) is 61.3 Å². The minimum atomic E-state index is -0.700. The molecule has 1 aliphatic rings. The van der Waals surface area contributed by atoms with Gasteiger partial charge in [-0.05, 0) is 174 Å². The average molecular weight is 1430 g/mol. The number of benzene rings is 6. The molecule has 518 valence electrons. The van der Waals surface area contributed by atoms with Crippen molar-refractivity contribution in [2.75, 3.05) is 63.2 Å². The third-order valence-electron chi connectivity index (χ3n) is 17.4. The Hall–Kier alpha value is -9.74. The van der Waals surface area contributed by atoms with Crippen molar-refractivity contribution in [2.45, 2.75) is 82.9 Å². The van der Waals surface area contributed by atoms with Crippen LogP contribution in [0.2, 0.25) is 0 Å². The number of anilines is 2. The molecule has 101 heavy (non-hydrogen) atoms. The third kappa shape index (κ3) is 15.5. The van der Waals surface area contributed by atoms with E-state index in [1.54, 1.807) is 60.0 Å². The molecule has 0 unspecified atom stereocenters. The molecule has 4 N–H and O–H groups in total. The molecule has 21 nitrogen and oxygen atoms in total. The Balaban J connectivity index is 0.948. The van der Waals surface area contributed by atoms with Crippen molar-refractivity contribution in [1.29, 1.82) is 0 Å². The van der Waals surface area contributed by atoms with Crippen molar-refractivity contribution < 1.29 is 33.3 Å². The number of phenolic OH excluding ortho intramolecular Hbond substituents is 2. The van der Waals surface area contributed by atoms with E-state index >= 15 is 14.0 Å². The van der Waals surface area contributed by atoms with Crippen molar-refractivity contribution in [1.82, 2.24) is 68.9 Å². The standard InChI is InChI=1S/C74H74F2N16O5S4/c1-73(2,98-7)63-39-67(90(83-63)52-19-14-16-48(36-52)43-86-31-33-97-34-32-86)78-72(96)89(44-50-18-10-12-22-62(50)101-56-26-29-65-79-81-69(87(65)45-56)57-38-54(93)24-27-59(57)76)92(68-40-64(74(3,4)99-8)84-91(68)53-20-13-15-47(35-53)42-85(5)6)71(95)77-41-49-17-9-11-21-61(49)100-55-25-30-66-80-82-70(88(66)46-55)58-37-51(75)23-28-60(58)94/h9-30,35-40,45-46,93-94H,31-34,41-44H2,1-8H3,(H,77,95)(H,78,96). The van der Waals surface area contributed by atoms with E-state index in [1.807, 2.05) is 142 Å².